The van der Waals surface area contributed by atoms with Gasteiger partial charge in [-0.15, -0.1) is 0 Å². The average molecular weight is 224 g/mol. The number of hydrogen-bond acceptors (Lipinski definition) is 4. The van der Waals surface area contributed by atoms with Gasteiger partial charge in [0.2, 0.25) is 5.91 Å². The number of amides is 1. The second kappa shape index (κ2) is 4.63. The Morgan fingerprint density at radius 3 is 2.56 bits per heavy atom. The lowest BCUT2D eigenvalue weighted by molar-refractivity contribution is -0.138. The summed E-state index contributed by atoms with van der Waals surface area (Å²) in [7, 11) is 0. The van der Waals surface area contributed by atoms with Crippen molar-refractivity contribution < 1.29 is 19.8 Å². The number of phenolic OH excluding ortho intramolecular Hbond substituents is 1. The molecule has 1 atom stereocenters. The van der Waals surface area contributed by atoms with Crippen molar-refractivity contribution >= 4 is 17.6 Å². The first kappa shape index (κ1) is 12.0. The van der Waals surface area contributed by atoms with Crippen molar-refractivity contribution in [3.05, 3.63) is 23.8 Å². The SMILES string of the molecule is CC(=O)Nc1c(O)cccc1C(N)C(=O)O. The molecule has 0 fully saturated rings. The molecule has 86 valence electrons. The van der Waals surface area contributed by atoms with E-state index in [1.165, 1.54) is 25.1 Å². The van der Waals surface area contributed by atoms with Gasteiger partial charge >= 0.3 is 5.97 Å². The number of carbonyl (C=O) groups excluding carboxylic acids is 1. The minimum Gasteiger partial charge on any atom is -0.506 e. The summed E-state index contributed by atoms with van der Waals surface area (Å²) in [5.74, 6) is -1.87. The number of anilines is 1. The second-order valence-electron chi connectivity index (χ2n) is 3.24. The Hall–Kier alpha value is -2.08. The summed E-state index contributed by atoms with van der Waals surface area (Å²) >= 11 is 0. The van der Waals surface area contributed by atoms with Crippen LogP contribution in [0, 0.1) is 0 Å². The predicted molar refractivity (Wildman–Crippen MR) is 57.0 cm³/mol. The molecule has 1 aromatic rings. The van der Waals surface area contributed by atoms with Gasteiger partial charge in [-0.2, -0.15) is 0 Å². The van der Waals surface area contributed by atoms with Crippen molar-refractivity contribution in [2.75, 3.05) is 5.32 Å². The normalized spacial score (nSPS) is 11.9. The number of nitrogens with one attached hydrogen (secondary N) is 1. The second-order valence-corrected chi connectivity index (χ2v) is 3.24. The van der Waals surface area contributed by atoms with Gasteiger partial charge in [-0.05, 0) is 6.07 Å². The lowest BCUT2D eigenvalue weighted by atomic mass is 10.0. The van der Waals surface area contributed by atoms with Crippen LogP contribution in [0.15, 0.2) is 18.2 Å². The number of nitrogens with two attached hydrogens (primary N) is 1. The van der Waals surface area contributed by atoms with Crippen molar-refractivity contribution in [3.8, 4) is 5.75 Å². The molecule has 0 bridgehead atoms. The molecule has 0 aliphatic heterocycles. The van der Waals surface area contributed by atoms with Gasteiger partial charge < -0.3 is 21.3 Å². The van der Waals surface area contributed by atoms with E-state index in [1.807, 2.05) is 0 Å². The van der Waals surface area contributed by atoms with E-state index in [9.17, 15) is 14.7 Å². The third-order valence-electron chi connectivity index (χ3n) is 1.98. The van der Waals surface area contributed by atoms with Crippen LogP contribution < -0.4 is 11.1 Å². The van der Waals surface area contributed by atoms with Gasteiger partial charge in [0.15, 0.2) is 0 Å². The number of rotatable bonds is 3. The Bertz CT molecular complexity index is 431. The molecule has 6 heteroatoms. The highest BCUT2D eigenvalue weighted by Gasteiger charge is 2.20. The number of carboxylic acids is 1. The molecule has 1 rings (SSSR count). The van der Waals surface area contributed by atoms with Crippen molar-refractivity contribution in [3.63, 3.8) is 0 Å². The smallest absolute Gasteiger partial charge is 0.325 e. The van der Waals surface area contributed by atoms with Crippen LogP contribution in [0.5, 0.6) is 5.75 Å². The summed E-state index contributed by atoms with van der Waals surface area (Å²) in [6.07, 6.45) is 0. The molecule has 0 saturated carbocycles. The first-order chi connectivity index (χ1) is 7.43. The number of benzene rings is 1. The number of carboxylic acid groups (broad SMARTS) is 1. The Balaban J connectivity index is 3.22. The van der Waals surface area contributed by atoms with E-state index in [1.54, 1.807) is 0 Å². The zero-order valence-electron chi connectivity index (χ0n) is 8.60. The maximum absolute atomic E-state index is 10.9. The van der Waals surface area contributed by atoms with Crippen molar-refractivity contribution in [1.29, 1.82) is 0 Å². The molecular formula is C10H12N2O4. The van der Waals surface area contributed by atoms with Crippen molar-refractivity contribution in [2.45, 2.75) is 13.0 Å². The Morgan fingerprint density at radius 2 is 2.06 bits per heavy atom. The van der Waals surface area contributed by atoms with E-state index < -0.39 is 17.9 Å². The molecule has 0 radical (unpaired) electrons. The van der Waals surface area contributed by atoms with E-state index in [0.29, 0.717) is 0 Å². The largest absolute Gasteiger partial charge is 0.506 e. The zero-order valence-corrected chi connectivity index (χ0v) is 8.60. The molecule has 1 amide bonds. The molecule has 5 N–H and O–H groups in total. The van der Waals surface area contributed by atoms with E-state index in [-0.39, 0.29) is 17.0 Å². The third-order valence-corrected chi connectivity index (χ3v) is 1.98. The van der Waals surface area contributed by atoms with Crippen LogP contribution in [0.3, 0.4) is 0 Å². The zero-order chi connectivity index (χ0) is 12.3. The molecular weight excluding hydrogens is 212 g/mol. The highest BCUT2D eigenvalue weighted by atomic mass is 16.4. The van der Waals surface area contributed by atoms with Gasteiger partial charge in [0.1, 0.15) is 11.8 Å². The summed E-state index contributed by atoms with van der Waals surface area (Å²) in [6.45, 7) is 1.25. The molecule has 0 aliphatic rings. The Morgan fingerprint density at radius 1 is 1.44 bits per heavy atom. The number of carbonyl (C=O) groups is 2. The summed E-state index contributed by atoms with van der Waals surface area (Å²) < 4.78 is 0. The van der Waals surface area contributed by atoms with E-state index >= 15 is 0 Å². The molecule has 16 heavy (non-hydrogen) atoms. The minimum atomic E-state index is -1.30. The molecule has 1 aromatic carbocycles. The Labute approximate surface area is 91.7 Å². The standard InChI is InChI=1S/C10H12N2O4/c1-5(13)12-9-6(8(11)10(15)16)3-2-4-7(9)14/h2-4,8,14H,11H2,1H3,(H,12,13)(H,15,16). The molecule has 0 aromatic heterocycles. The van der Waals surface area contributed by atoms with Crippen LogP contribution in [0.4, 0.5) is 5.69 Å². The fraction of sp³-hybridized carbons (Fsp3) is 0.200. The molecule has 6 nitrogen and oxygen atoms in total. The van der Waals surface area contributed by atoms with Gasteiger partial charge in [0.25, 0.3) is 0 Å². The maximum atomic E-state index is 10.9. The predicted octanol–water partition coefficient (Wildman–Crippen LogP) is 0.435. The molecule has 1 unspecified atom stereocenters. The molecule has 0 heterocycles. The number of phenols is 1. The number of aromatic hydroxyl groups is 1. The van der Waals surface area contributed by atoms with Gasteiger partial charge in [0, 0.05) is 12.5 Å². The van der Waals surface area contributed by atoms with Crippen molar-refractivity contribution in [1.82, 2.24) is 0 Å². The molecule has 0 aliphatic carbocycles. The summed E-state index contributed by atoms with van der Waals surface area (Å²) in [4.78, 5) is 21.6. The van der Waals surface area contributed by atoms with Gasteiger partial charge in [-0.25, -0.2) is 0 Å². The quantitative estimate of drug-likeness (QED) is 0.556. The van der Waals surface area contributed by atoms with Gasteiger partial charge in [-0.3, -0.25) is 9.59 Å². The lowest BCUT2D eigenvalue weighted by Crippen LogP contribution is -2.22. The average Bonchev–Trinajstić information content (AvgIpc) is 2.19. The summed E-state index contributed by atoms with van der Waals surface area (Å²) in [5.41, 5.74) is 5.61. The van der Waals surface area contributed by atoms with Crippen molar-refractivity contribution in [2.24, 2.45) is 5.73 Å². The first-order valence-electron chi connectivity index (χ1n) is 4.51. The van der Waals surface area contributed by atoms with Crippen LogP contribution >= 0.6 is 0 Å². The van der Waals surface area contributed by atoms with Crippen LogP contribution in [0.2, 0.25) is 0 Å². The molecule has 0 saturated heterocycles. The highest BCUT2D eigenvalue weighted by molar-refractivity contribution is 5.93. The fourth-order valence-electron chi connectivity index (χ4n) is 1.26. The number of hydrogen-bond donors (Lipinski definition) is 4. The van der Waals surface area contributed by atoms with Crippen LogP contribution in [-0.2, 0) is 9.59 Å². The lowest BCUT2D eigenvalue weighted by Gasteiger charge is -2.14. The maximum Gasteiger partial charge on any atom is 0.325 e. The van der Waals surface area contributed by atoms with Crippen LogP contribution in [0.25, 0.3) is 0 Å². The van der Waals surface area contributed by atoms with Crippen LogP contribution in [-0.4, -0.2) is 22.1 Å². The van der Waals surface area contributed by atoms with E-state index in [4.69, 9.17) is 10.8 Å². The van der Waals surface area contributed by atoms with Gasteiger partial charge in [0.05, 0.1) is 5.69 Å². The summed E-state index contributed by atoms with van der Waals surface area (Å²) in [5, 5.41) is 20.6. The fourth-order valence-corrected chi connectivity index (χ4v) is 1.26. The van der Waals surface area contributed by atoms with Crippen LogP contribution in [0.1, 0.15) is 18.5 Å². The minimum absolute atomic E-state index is 0.0323. The topological polar surface area (TPSA) is 113 Å². The number of para-hydroxylation sites is 1. The monoisotopic (exact) mass is 224 g/mol. The van der Waals surface area contributed by atoms with E-state index in [0.717, 1.165) is 0 Å². The first-order valence-corrected chi connectivity index (χ1v) is 4.51. The highest BCUT2D eigenvalue weighted by Crippen LogP contribution is 2.30. The third kappa shape index (κ3) is 2.48. The summed E-state index contributed by atoms with van der Waals surface area (Å²) in [6, 6.07) is 2.93. The Kier molecular flexibility index (Phi) is 3.47. The van der Waals surface area contributed by atoms with Gasteiger partial charge in [-0.1, -0.05) is 12.1 Å². The molecule has 0 spiro atoms. The van der Waals surface area contributed by atoms with E-state index in [2.05, 4.69) is 5.32 Å². The number of aliphatic carboxylic acids is 1.